The molecule has 0 radical (unpaired) electrons. The zero-order valence-electron chi connectivity index (χ0n) is 10.8. The van der Waals surface area contributed by atoms with Gasteiger partial charge in [0, 0.05) is 12.6 Å². The first-order valence-corrected chi connectivity index (χ1v) is 6.01. The highest BCUT2D eigenvalue weighted by atomic mass is 19.1. The number of hydrogen-bond donors (Lipinski definition) is 2. The molecule has 0 fully saturated rings. The molecule has 19 heavy (non-hydrogen) atoms. The molecule has 2 aromatic rings. The van der Waals surface area contributed by atoms with Crippen LogP contribution >= 0.6 is 0 Å². The minimum absolute atomic E-state index is 0.101. The first-order valence-electron chi connectivity index (χ1n) is 6.01. The Bertz CT molecular complexity index is 560. The number of nitrogens with zero attached hydrogens (tertiary/aromatic N) is 2. The van der Waals surface area contributed by atoms with Crippen molar-refractivity contribution >= 4 is 0 Å². The van der Waals surface area contributed by atoms with Gasteiger partial charge in [0.05, 0.1) is 17.4 Å². The Morgan fingerprint density at radius 2 is 2.00 bits per heavy atom. The lowest BCUT2D eigenvalue weighted by Crippen LogP contribution is -2.31. The van der Waals surface area contributed by atoms with Gasteiger partial charge in [-0.25, -0.2) is 14.2 Å². The fourth-order valence-electron chi connectivity index (χ4n) is 2.09. The molecule has 0 aliphatic carbocycles. The minimum atomic E-state index is -0.779. The third-order valence-electron chi connectivity index (χ3n) is 3.08. The maximum Gasteiger partial charge on any atom is 0.131 e. The smallest absolute Gasteiger partial charge is 0.131 e. The molecule has 0 saturated carbocycles. The van der Waals surface area contributed by atoms with Gasteiger partial charge < -0.3 is 0 Å². The first-order chi connectivity index (χ1) is 9.08. The zero-order chi connectivity index (χ0) is 14.0. The largest absolute Gasteiger partial charge is 0.271 e. The second kappa shape index (κ2) is 5.46. The SMILES string of the molecule is CCc1cc(C(NN)c2c(F)cccc2F)n(C)n1. The standard InChI is InChI=1S/C13H16F2N4/c1-3-8-7-11(19(2)18-8)13(17-16)12-9(14)5-4-6-10(12)15/h4-7,13,17H,3,16H2,1-2H3. The molecule has 0 spiro atoms. The summed E-state index contributed by atoms with van der Waals surface area (Å²) in [6.07, 6.45) is 0.741. The van der Waals surface area contributed by atoms with Crippen LogP contribution in [-0.4, -0.2) is 9.78 Å². The van der Waals surface area contributed by atoms with Gasteiger partial charge in [-0.2, -0.15) is 5.10 Å². The normalized spacial score (nSPS) is 12.7. The van der Waals surface area contributed by atoms with Crippen molar-refractivity contribution in [2.24, 2.45) is 12.9 Å². The van der Waals surface area contributed by atoms with Crippen molar-refractivity contribution in [3.05, 3.63) is 52.9 Å². The van der Waals surface area contributed by atoms with Crippen LogP contribution in [0.4, 0.5) is 8.78 Å². The average molecular weight is 266 g/mol. The van der Waals surface area contributed by atoms with E-state index in [4.69, 9.17) is 5.84 Å². The van der Waals surface area contributed by atoms with Gasteiger partial charge in [0.1, 0.15) is 11.6 Å². The first kappa shape index (κ1) is 13.6. The van der Waals surface area contributed by atoms with E-state index < -0.39 is 17.7 Å². The molecule has 0 amide bonds. The van der Waals surface area contributed by atoms with Gasteiger partial charge in [-0.05, 0) is 24.6 Å². The Morgan fingerprint density at radius 3 is 2.47 bits per heavy atom. The number of aromatic nitrogens is 2. The second-order valence-corrected chi connectivity index (χ2v) is 4.27. The summed E-state index contributed by atoms with van der Waals surface area (Å²) >= 11 is 0. The van der Waals surface area contributed by atoms with Gasteiger partial charge in [-0.1, -0.05) is 13.0 Å². The highest BCUT2D eigenvalue weighted by Crippen LogP contribution is 2.26. The predicted molar refractivity (Wildman–Crippen MR) is 68.1 cm³/mol. The molecule has 1 aromatic carbocycles. The van der Waals surface area contributed by atoms with Crippen LogP contribution in [0.15, 0.2) is 24.3 Å². The van der Waals surface area contributed by atoms with E-state index >= 15 is 0 Å². The molecule has 102 valence electrons. The van der Waals surface area contributed by atoms with Crippen LogP contribution in [0, 0.1) is 11.6 Å². The van der Waals surface area contributed by atoms with Crippen molar-refractivity contribution in [2.45, 2.75) is 19.4 Å². The number of nitrogens with one attached hydrogen (secondary N) is 1. The lowest BCUT2D eigenvalue weighted by atomic mass is 10.0. The molecule has 6 heteroatoms. The number of aryl methyl sites for hydroxylation is 2. The third-order valence-corrected chi connectivity index (χ3v) is 3.08. The van der Waals surface area contributed by atoms with Gasteiger partial charge in [0.15, 0.2) is 0 Å². The summed E-state index contributed by atoms with van der Waals surface area (Å²) in [6, 6.07) is 4.75. The molecular formula is C13H16F2N4. The van der Waals surface area contributed by atoms with E-state index in [0.29, 0.717) is 5.69 Å². The van der Waals surface area contributed by atoms with Crippen LogP contribution in [0.25, 0.3) is 0 Å². The monoisotopic (exact) mass is 266 g/mol. The summed E-state index contributed by atoms with van der Waals surface area (Å²) in [4.78, 5) is 0. The second-order valence-electron chi connectivity index (χ2n) is 4.27. The van der Waals surface area contributed by atoms with Crippen molar-refractivity contribution in [2.75, 3.05) is 0 Å². The molecule has 0 saturated heterocycles. The maximum absolute atomic E-state index is 13.8. The predicted octanol–water partition coefficient (Wildman–Crippen LogP) is 1.81. The molecule has 1 atom stereocenters. The van der Waals surface area contributed by atoms with Crippen LogP contribution in [-0.2, 0) is 13.5 Å². The van der Waals surface area contributed by atoms with Gasteiger partial charge in [-0.3, -0.25) is 10.5 Å². The Balaban J connectivity index is 2.53. The van der Waals surface area contributed by atoms with Crippen LogP contribution < -0.4 is 11.3 Å². The van der Waals surface area contributed by atoms with Crippen LogP contribution in [0.1, 0.15) is 29.9 Å². The molecule has 3 N–H and O–H groups in total. The van der Waals surface area contributed by atoms with E-state index in [1.54, 1.807) is 17.8 Å². The molecule has 0 aliphatic rings. The lowest BCUT2D eigenvalue weighted by molar-refractivity contribution is 0.493. The van der Waals surface area contributed by atoms with Gasteiger partial charge in [0.25, 0.3) is 0 Å². The van der Waals surface area contributed by atoms with Crippen molar-refractivity contribution in [1.29, 1.82) is 0 Å². The van der Waals surface area contributed by atoms with Crippen LogP contribution in [0.2, 0.25) is 0 Å². The van der Waals surface area contributed by atoms with Gasteiger partial charge in [0.2, 0.25) is 0 Å². The van der Waals surface area contributed by atoms with E-state index in [9.17, 15) is 8.78 Å². The molecule has 1 aromatic heterocycles. The summed E-state index contributed by atoms with van der Waals surface area (Å²) in [7, 11) is 1.72. The third kappa shape index (κ3) is 2.50. The lowest BCUT2D eigenvalue weighted by Gasteiger charge is -2.17. The summed E-state index contributed by atoms with van der Waals surface area (Å²) in [5, 5.41) is 4.26. The van der Waals surface area contributed by atoms with Gasteiger partial charge in [-0.15, -0.1) is 0 Å². The number of benzene rings is 1. The topological polar surface area (TPSA) is 55.9 Å². The fraction of sp³-hybridized carbons (Fsp3) is 0.308. The van der Waals surface area contributed by atoms with Crippen molar-refractivity contribution < 1.29 is 8.78 Å². The Kier molecular flexibility index (Phi) is 3.92. The van der Waals surface area contributed by atoms with Crippen LogP contribution in [0.5, 0.6) is 0 Å². The Morgan fingerprint density at radius 1 is 1.37 bits per heavy atom. The van der Waals surface area contributed by atoms with E-state index in [-0.39, 0.29) is 5.56 Å². The summed E-state index contributed by atoms with van der Waals surface area (Å²) in [5.41, 5.74) is 3.81. The van der Waals surface area contributed by atoms with E-state index in [2.05, 4.69) is 10.5 Å². The van der Waals surface area contributed by atoms with E-state index in [0.717, 1.165) is 12.1 Å². The van der Waals surface area contributed by atoms with Gasteiger partial charge >= 0.3 is 0 Å². The number of rotatable bonds is 4. The Hall–Kier alpha value is -1.79. The summed E-state index contributed by atoms with van der Waals surface area (Å²) < 4.78 is 29.2. The molecule has 2 rings (SSSR count). The minimum Gasteiger partial charge on any atom is -0.271 e. The maximum atomic E-state index is 13.8. The summed E-state index contributed by atoms with van der Waals surface area (Å²) in [5.74, 6) is 4.20. The van der Waals surface area contributed by atoms with Crippen molar-refractivity contribution in [3.63, 3.8) is 0 Å². The average Bonchev–Trinajstić information content (AvgIpc) is 2.75. The molecule has 4 nitrogen and oxygen atoms in total. The molecule has 0 bridgehead atoms. The van der Waals surface area contributed by atoms with Crippen molar-refractivity contribution in [3.8, 4) is 0 Å². The quantitative estimate of drug-likeness (QED) is 0.655. The molecule has 0 aliphatic heterocycles. The fourth-order valence-corrected chi connectivity index (χ4v) is 2.09. The molecule has 1 unspecified atom stereocenters. The number of halogens is 2. The summed E-state index contributed by atoms with van der Waals surface area (Å²) in [6.45, 7) is 1.96. The Labute approximate surface area is 110 Å². The van der Waals surface area contributed by atoms with E-state index in [1.165, 1.54) is 18.2 Å². The highest BCUT2D eigenvalue weighted by Gasteiger charge is 2.23. The molecule has 1 heterocycles. The number of nitrogens with two attached hydrogens (primary N) is 1. The van der Waals surface area contributed by atoms with E-state index in [1.807, 2.05) is 6.92 Å². The molecular weight excluding hydrogens is 250 g/mol. The van der Waals surface area contributed by atoms with Crippen LogP contribution in [0.3, 0.4) is 0 Å². The highest BCUT2D eigenvalue weighted by molar-refractivity contribution is 5.31. The van der Waals surface area contributed by atoms with Crippen molar-refractivity contribution in [1.82, 2.24) is 15.2 Å². The zero-order valence-corrected chi connectivity index (χ0v) is 10.8. The number of hydrazine groups is 1. The number of hydrogen-bond acceptors (Lipinski definition) is 3.